The molecule has 1 aromatic rings. The molecular weight excluding hydrogens is 199 g/mol. The van der Waals surface area contributed by atoms with Crippen molar-refractivity contribution in [2.45, 2.75) is 12.8 Å². The zero-order valence-corrected chi connectivity index (χ0v) is 8.35. The van der Waals surface area contributed by atoms with Crippen molar-refractivity contribution in [1.29, 1.82) is 0 Å². The van der Waals surface area contributed by atoms with E-state index in [1.165, 1.54) is 12.1 Å². The quantitative estimate of drug-likeness (QED) is 0.804. The van der Waals surface area contributed by atoms with Crippen LogP contribution in [0, 0.1) is 5.92 Å². The molecule has 3 nitrogen and oxygen atoms in total. The fourth-order valence-corrected chi connectivity index (χ4v) is 1.42. The van der Waals surface area contributed by atoms with Gasteiger partial charge in [0.1, 0.15) is 12.4 Å². The fraction of sp³-hybridized carbons (Fsp3) is 0.364. The zero-order valence-electron chi connectivity index (χ0n) is 8.35. The number of aliphatic carboxylic acids is 1. The van der Waals surface area contributed by atoms with Gasteiger partial charge >= 0.3 is 5.97 Å². The lowest BCUT2D eigenvalue weighted by Crippen LogP contribution is -2.22. The van der Waals surface area contributed by atoms with Crippen molar-refractivity contribution in [3.8, 4) is 5.75 Å². The second kappa shape index (κ2) is 4.77. The van der Waals surface area contributed by atoms with Gasteiger partial charge in [0.05, 0.1) is 5.92 Å². The number of halogens is 1. The van der Waals surface area contributed by atoms with Gasteiger partial charge in [-0.2, -0.15) is 0 Å². The van der Waals surface area contributed by atoms with Gasteiger partial charge in [-0.1, -0.05) is 19.1 Å². The van der Waals surface area contributed by atoms with Crippen LogP contribution in [-0.2, 0) is 4.79 Å². The molecular formula is C11H13FO3. The molecule has 0 aromatic heterocycles. The van der Waals surface area contributed by atoms with E-state index in [0.717, 1.165) is 0 Å². The number of benzene rings is 1. The number of hydrogen-bond acceptors (Lipinski definition) is 2. The Hall–Kier alpha value is -1.58. The molecule has 4 heteroatoms. The molecule has 0 bridgehead atoms. The Morgan fingerprint density at radius 1 is 1.40 bits per heavy atom. The molecule has 2 atom stereocenters. The summed E-state index contributed by atoms with van der Waals surface area (Å²) in [7, 11) is 0. The van der Waals surface area contributed by atoms with Gasteiger partial charge in [-0.05, 0) is 23.6 Å². The van der Waals surface area contributed by atoms with Crippen molar-refractivity contribution in [3.05, 3.63) is 29.8 Å². The minimum Gasteiger partial charge on any atom is -0.508 e. The highest BCUT2D eigenvalue weighted by Crippen LogP contribution is 2.26. The van der Waals surface area contributed by atoms with Crippen molar-refractivity contribution in [2.24, 2.45) is 5.92 Å². The van der Waals surface area contributed by atoms with E-state index in [9.17, 15) is 9.18 Å². The maximum atomic E-state index is 12.5. The van der Waals surface area contributed by atoms with Gasteiger partial charge in [-0.15, -0.1) is 0 Å². The molecule has 0 spiro atoms. The summed E-state index contributed by atoms with van der Waals surface area (Å²) in [6.45, 7) is 0.766. The smallest absolute Gasteiger partial charge is 0.309 e. The second-order valence-corrected chi connectivity index (χ2v) is 3.48. The monoisotopic (exact) mass is 212 g/mol. The molecule has 0 radical (unpaired) electrons. The number of phenolic OH excluding ortho intramolecular Hbond substituents is 1. The van der Waals surface area contributed by atoms with E-state index in [2.05, 4.69) is 0 Å². The molecule has 0 aliphatic rings. The molecule has 2 N–H and O–H groups in total. The average Bonchev–Trinajstić information content (AvgIpc) is 2.19. The van der Waals surface area contributed by atoms with E-state index >= 15 is 0 Å². The molecule has 0 aliphatic carbocycles. The van der Waals surface area contributed by atoms with Crippen LogP contribution < -0.4 is 0 Å². The molecule has 0 heterocycles. The summed E-state index contributed by atoms with van der Waals surface area (Å²) in [5, 5.41) is 17.8. The molecule has 0 saturated heterocycles. The molecule has 1 rings (SSSR count). The summed E-state index contributed by atoms with van der Waals surface area (Å²) < 4.78 is 12.5. The zero-order chi connectivity index (χ0) is 11.4. The predicted molar refractivity (Wildman–Crippen MR) is 53.6 cm³/mol. The van der Waals surface area contributed by atoms with Crippen LogP contribution in [0.15, 0.2) is 24.3 Å². The molecule has 82 valence electrons. The normalized spacial score (nSPS) is 14.5. The first kappa shape index (κ1) is 11.5. The van der Waals surface area contributed by atoms with Crippen LogP contribution >= 0.6 is 0 Å². The number of carbonyl (C=O) groups is 1. The Labute approximate surface area is 87.2 Å². The van der Waals surface area contributed by atoms with E-state index in [1.54, 1.807) is 19.1 Å². The third kappa shape index (κ3) is 2.68. The van der Waals surface area contributed by atoms with Crippen LogP contribution in [0.4, 0.5) is 4.39 Å². The van der Waals surface area contributed by atoms with E-state index in [0.29, 0.717) is 5.56 Å². The van der Waals surface area contributed by atoms with Crippen molar-refractivity contribution in [2.75, 3.05) is 6.67 Å². The number of phenols is 1. The van der Waals surface area contributed by atoms with Gasteiger partial charge in [0, 0.05) is 0 Å². The summed E-state index contributed by atoms with van der Waals surface area (Å²) >= 11 is 0. The van der Waals surface area contributed by atoms with E-state index in [1.807, 2.05) is 0 Å². The van der Waals surface area contributed by atoms with Crippen molar-refractivity contribution in [3.63, 3.8) is 0 Å². The minimum atomic E-state index is -1.14. The maximum absolute atomic E-state index is 12.5. The predicted octanol–water partition coefficient (Wildman–Crippen LogP) is 2.17. The highest BCUT2D eigenvalue weighted by atomic mass is 19.1. The van der Waals surface area contributed by atoms with Crippen molar-refractivity contribution < 1.29 is 19.4 Å². The van der Waals surface area contributed by atoms with Crippen molar-refractivity contribution in [1.82, 2.24) is 0 Å². The number of carboxylic acid groups (broad SMARTS) is 1. The van der Waals surface area contributed by atoms with Crippen LogP contribution in [0.3, 0.4) is 0 Å². The van der Waals surface area contributed by atoms with Gasteiger partial charge in [0.25, 0.3) is 0 Å². The maximum Gasteiger partial charge on any atom is 0.309 e. The number of rotatable bonds is 4. The van der Waals surface area contributed by atoms with E-state index in [-0.39, 0.29) is 5.75 Å². The Balaban J connectivity index is 2.87. The summed E-state index contributed by atoms with van der Waals surface area (Å²) in [5.74, 6) is -2.47. The Bertz CT molecular complexity index is 334. The van der Waals surface area contributed by atoms with Crippen LogP contribution in [0.2, 0.25) is 0 Å². The van der Waals surface area contributed by atoms with Gasteiger partial charge in [0.15, 0.2) is 0 Å². The third-order valence-electron chi connectivity index (χ3n) is 2.51. The minimum absolute atomic E-state index is 0.109. The third-order valence-corrected chi connectivity index (χ3v) is 2.51. The Kier molecular flexibility index (Phi) is 3.66. The van der Waals surface area contributed by atoms with Gasteiger partial charge in [-0.3, -0.25) is 9.18 Å². The SMILES string of the molecule is C[C@H](c1ccc(O)cc1)[C@H](CF)C(=O)O. The summed E-state index contributed by atoms with van der Waals surface area (Å²) in [4.78, 5) is 10.7. The molecule has 0 saturated carbocycles. The first-order chi connectivity index (χ1) is 7.06. The number of hydrogen-bond donors (Lipinski definition) is 2. The molecule has 0 unspecified atom stereocenters. The summed E-state index contributed by atoms with van der Waals surface area (Å²) in [5.41, 5.74) is 0.706. The standard InChI is InChI=1S/C11H13FO3/c1-7(10(6-12)11(14)15)8-2-4-9(13)5-3-8/h2-5,7,10,13H,6H2,1H3,(H,14,15)/t7-,10+/m1/s1. The average molecular weight is 212 g/mol. The van der Waals surface area contributed by atoms with Gasteiger partial charge in [0.2, 0.25) is 0 Å². The Morgan fingerprint density at radius 3 is 2.33 bits per heavy atom. The lowest BCUT2D eigenvalue weighted by Gasteiger charge is -2.17. The molecule has 0 amide bonds. The topological polar surface area (TPSA) is 57.5 Å². The van der Waals surface area contributed by atoms with E-state index in [4.69, 9.17) is 10.2 Å². The van der Waals surface area contributed by atoms with Gasteiger partial charge in [-0.25, -0.2) is 0 Å². The van der Waals surface area contributed by atoms with Crippen LogP contribution in [0.25, 0.3) is 0 Å². The lowest BCUT2D eigenvalue weighted by molar-refractivity contribution is -0.142. The first-order valence-electron chi connectivity index (χ1n) is 4.64. The van der Waals surface area contributed by atoms with Crippen LogP contribution in [-0.4, -0.2) is 22.9 Å². The van der Waals surface area contributed by atoms with Gasteiger partial charge < -0.3 is 10.2 Å². The Morgan fingerprint density at radius 2 is 1.93 bits per heavy atom. The summed E-state index contributed by atoms with van der Waals surface area (Å²) in [6.07, 6.45) is 0. The van der Waals surface area contributed by atoms with Crippen LogP contribution in [0.1, 0.15) is 18.4 Å². The molecule has 1 aromatic carbocycles. The van der Waals surface area contributed by atoms with E-state index < -0.39 is 24.5 Å². The number of aromatic hydroxyl groups is 1. The largest absolute Gasteiger partial charge is 0.508 e. The number of alkyl halides is 1. The summed E-state index contributed by atoms with van der Waals surface area (Å²) in [6, 6.07) is 6.13. The fourth-order valence-electron chi connectivity index (χ4n) is 1.42. The molecule has 15 heavy (non-hydrogen) atoms. The number of carboxylic acids is 1. The molecule has 0 aliphatic heterocycles. The van der Waals surface area contributed by atoms with Crippen molar-refractivity contribution >= 4 is 5.97 Å². The lowest BCUT2D eigenvalue weighted by atomic mass is 9.88. The molecule has 0 fully saturated rings. The first-order valence-corrected chi connectivity index (χ1v) is 4.64. The van der Waals surface area contributed by atoms with Crippen LogP contribution in [0.5, 0.6) is 5.75 Å². The highest BCUT2D eigenvalue weighted by molar-refractivity contribution is 5.71. The highest BCUT2D eigenvalue weighted by Gasteiger charge is 2.25. The second-order valence-electron chi connectivity index (χ2n) is 3.48.